The van der Waals surface area contributed by atoms with Gasteiger partial charge in [0.05, 0.1) is 0 Å². The number of allylic oxidation sites excluding steroid dienone is 8. The number of rotatable bonds is 18. The minimum Gasteiger partial charge on any atom is -0.303 e. The second kappa shape index (κ2) is 19.4. The molecule has 0 saturated carbocycles. The largest absolute Gasteiger partial charge is 0.471 e. The first-order valence-corrected chi connectivity index (χ1v) is 12.1. The lowest BCUT2D eigenvalue weighted by molar-refractivity contribution is 0.121. The first-order valence-electron chi connectivity index (χ1n) is 10.5. The van der Waals surface area contributed by atoms with Gasteiger partial charge in [0.15, 0.2) is 0 Å². The zero-order valence-electron chi connectivity index (χ0n) is 17.6. The summed E-state index contributed by atoms with van der Waals surface area (Å²) in [6, 6.07) is 0. The van der Waals surface area contributed by atoms with Crippen LogP contribution < -0.4 is 5.32 Å². The minimum atomic E-state index is -4.40. The van der Waals surface area contributed by atoms with Gasteiger partial charge in [0, 0.05) is 0 Å². The van der Waals surface area contributed by atoms with E-state index in [0.29, 0.717) is 6.54 Å². The predicted molar refractivity (Wildman–Crippen MR) is 119 cm³/mol. The second-order valence-electron chi connectivity index (χ2n) is 6.78. The van der Waals surface area contributed by atoms with E-state index >= 15 is 0 Å². The van der Waals surface area contributed by atoms with E-state index in [1.54, 1.807) is 6.92 Å². The van der Waals surface area contributed by atoms with Crippen LogP contribution in [0.4, 0.5) is 0 Å². The number of nitrogens with one attached hydrogen (secondary N) is 1. The maximum absolute atomic E-state index is 10.7. The van der Waals surface area contributed by atoms with Crippen molar-refractivity contribution in [3.05, 3.63) is 48.6 Å². The van der Waals surface area contributed by atoms with E-state index in [9.17, 15) is 4.57 Å². The molecule has 0 heterocycles. The normalized spacial score (nSPS) is 14.3. The van der Waals surface area contributed by atoms with Crippen molar-refractivity contribution < 1.29 is 18.9 Å². The zero-order chi connectivity index (χ0) is 20.9. The quantitative estimate of drug-likeness (QED) is 0.108. The van der Waals surface area contributed by atoms with Gasteiger partial charge in [0.2, 0.25) is 0 Å². The summed E-state index contributed by atoms with van der Waals surface area (Å²) in [7, 11) is -4.40. The molecule has 0 saturated heterocycles. The molecule has 0 aromatic rings. The molecule has 5 nitrogen and oxygen atoms in total. The lowest BCUT2D eigenvalue weighted by Crippen LogP contribution is -2.28. The molecule has 6 heteroatoms. The van der Waals surface area contributed by atoms with Crippen LogP contribution in [-0.4, -0.2) is 22.6 Å². The van der Waals surface area contributed by atoms with Gasteiger partial charge in [-0.05, 0) is 64.8 Å². The fourth-order valence-electron chi connectivity index (χ4n) is 2.50. The molecule has 0 bridgehead atoms. The van der Waals surface area contributed by atoms with Crippen LogP contribution >= 0.6 is 7.82 Å². The first kappa shape index (κ1) is 27.0. The highest BCUT2D eigenvalue weighted by molar-refractivity contribution is 7.46. The summed E-state index contributed by atoms with van der Waals surface area (Å²) in [5, 5.41) is 2.93. The Labute approximate surface area is 171 Å². The number of hydrogen-bond acceptors (Lipinski definition) is 3. The van der Waals surface area contributed by atoms with Gasteiger partial charge in [-0.25, -0.2) is 4.57 Å². The highest BCUT2D eigenvalue weighted by atomic mass is 31.2. The second-order valence-corrected chi connectivity index (χ2v) is 7.97. The minimum absolute atomic E-state index is 0.641. The van der Waals surface area contributed by atoms with Crippen LogP contribution in [0.15, 0.2) is 48.6 Å². The summed E-state index contributed by atoms with van der Waals surface area (Å²) < 4.78 is 15.2. The van der Waals surface area contributed by atoms with Gasteiger partial charge < -0.3 is 9.79 Å². The van der Waals surface area contributed by atoms with Crippen molar-refractivity contribution in [2.45, 2.75) is 84.3 Å². The Morgan fingerprint density at radius 1 is 0.821 bits per heavy atom. The fraction of sp³-hybridized carbons (Fsp3) is 0.636. The molecular formula is C22H40NO4P. The van der Waals surface area contributed by atoms with Crippen LogP contribution in [0.5, 0.6) is 0 Å². The molecule has 1 atom stereocenters. The number of hydrogen-bond donors (Lipinski definition) is 3. The molecule has 162 valence electrons. The molecule has 0 spiro atoms. The summed E-state index contributed by atoms with van der Waals surface area (Å²) in [5.41, 5.74) is 0. The van der Waals surface area contributed by atoms with Crippen molar-refractivity contribution in [1.29, 1.82) is 0 Å². The lowest BCUT2D eigenvalue weighted by atomic mass is 10.2. The maximum Gasteiger partial charge on any atom is 0.471 e. The Morgan fingerprint density at radius 2 is 1.29 bits per heavy atom. The summed E-state index contributed by atoms with van der Waals surface area (Å²) >= 11 is 0. The van der Waals surface area contributed by atoms with Gasteiger partial charge in [-0.15, -0.1) is 0 Å². The maximum atomic E-state index is 10.7. The lowest BCUT2D eigenvalue weighted by Gasteiger charge is -2.14. The van der Waals surface area contributed by atoms with Gasteiger partial charge in [-0.1, -0.05) is 68.4 Å². The van der Waals surface area contributed by atoms with Gasteiger partial charge in [0.25, 0.3) is 0 Å². The van der Waals surface area contributed by atoms with E-state index < -0.39 is 14.1 Å². The van der Waals surface area contributed by atoms with Crippen molar-refractivity contribution in [2.75, 3.05) is 6.54 Å². The molecule has 0 aromatic heterocycles. The average molecular weight is 414 g/mol. The molecule has 0 rings (SSSR count). The van der Waals surface area contributed by atoms with Crippen LogP contribution in [0.3, 0.4) is 0 Å². The third kappa shape index (κ3) is 23.1. The van der Waals surface area contributed by atoms with Crippen molar-refractivity contribution >= 4 is 7.82 Å². The Hall–Kier alpha value is -0.970. The molecule has 0 fully saturated rings. The Morgan fingerprint density at radius 3 is 1.75 bits per heavy atom. The average Bonchev–Trinajstić information content (AvgIpc) is 2.62. The molecule has 0 aromatic carbocycles. The van der Waals surface area contributed by atoms with Crippen molar-refractivity contribution in [1.82, 2.24) is 5.32 Å². The topological polar surface area (TPSA) is 78.8 Å². The molecular weight excluding hydrogens is 373 g/mol. The number of phosphoric ester groups is 1. The van der Waals surface area contributed by atoms with E-state index in [4.69, 9.17) is 9.79 Å². The van der Waals surface area contributed by atoms with Crippen molar-refractivity contribution in [2.24, 2.45) is 0 Å². The van der Waals surface area contributed by atoms with Gasteiger partial charge in [0.1, 0.15) is 6.23 Å². The summed E-state index contributed by atoms with van der Waals surface area (Å²) in [4.78, 5) is 17.3. The predicted octanol–water partition coefficient (Wildman–Crippen LogP) is 6.18. The van der Waals surface area contributed by atoms with E-state index in [-0.39, 0.29) is 0 Å². The van der Waals surface area contributed by atoms with Gasteiger partial charge >= 0.3 is 7.82 Å². The monoisotopic (exact) mass is 413 g/mol. The molecule has 0 aliphatic rings. The van der Waals surface area contributed by atoms with Crippen molar-refractivity contribution in [3.63, 3.8) is 0 Å². The van der Waals surface area contributed by atoms with E-state index in [1.165, 1.54) is 25.7 Å². The highest BCUT2D eigenvalue weighted by Gasteiger charge is 2.17. The third-order valence-electron chi connectivity index (χ3n) is 3.98. The standard InChI is InChI=1S/C22H40NO4P/c1-3-4-5-6-7-8-9-10-11-12-13-14-15-16-17-18-19-20-21-23-22(2)27-28(24,25)26/h7-8,10-11,13-14,16-17,22-23H,3-6,9,12,15,18-21H2,1-2H3,(H2,24,25,26)/b8-7-,11-10-,14-13-,17-16-. The molecule has 1 unspecified atom stereocenters. The molecule has 0 radical (unpaired) electrons. The van der Waals surface area contributed by atoms with E-state index in [2.05, 4.69) is 65.4 Å². The SMILES string of the molecule is CCCCC/C=C\C/C=C\C/C=C\C/C=C\CCCCNC(C)OP(=O)(O)O. The van der Waals surface area contributed by atoms with E-state index in [0.717, 1.165) is 38.5 Å². The van der Waals surface area contributed by atoms with E-state index in [1.807, 2.05) is 0 Å². The molecule has 28 heavy (non-hydrogen) atoms. The Bertz CT molecular complexity index is 509. The zero-order valence-corrected chi connectivity index (χ0v) is 18.5. The summed E-state index contributed by atoms with van der Waals surface area (Å²) in [6.07, 6.45) is 28.1. The molecule has 0 amide bonds. The molecule has 3 N–H and O–H groups in total. The summed E-state index contributed by atoms with van der Waals surface area (Å²) in [5.74, 6) is 0. The number of phosphoric acid groups is 1. The van der Waals surface area contributed by atoms with Crippen molar-refractivity contribution in [3.8, 4) is 0 Å². The van der Waals surface area contributed by atoms with Gasteiger partial charge in [-0.2, -0.15) is 0 Å². The third-order valence-corrected chi connectivity index (χ3v) is 4.57. The molecule has 0 aliphatic carbocycles. The highest BCUT2D eigenvalue weighted by Crippen LogP contribution is 2.36. The Balaban J connectivity index is 3.47. The first-order chi connectivity index (χ1) is 13.5. The van der Waals surface area contributed by atoms with Crippen LogP contribution in [0.25, 0.3) is 0 Å². The fourth-order valence-corrected chi connectivity index (χ4v) is 2.98. The Kier molecular flexibility index (Phi) is 18.7. The van der Waals surface area contributed by atoms with Crippen LogP contribution in [0.2, 0.25) is 0 Å². The van der Waals surface area contributed by atoms with Gasteiger partial charge in [-0.3, -0.25) is 9.84 Å². The summed E-state index contributed by atoms with van der Waals surface area (Å²) in [6.45, 7) is 4.50. The molecule has 0 aliphatic heterocycles. The van der Waals surface area contributed by atoms with Crippen LogP contribution in [0.1, 0.15) is 78.1 Å². The van der Waals surface area contributed by atoms with Crippen LogP contribution in [0, 0.1) is 0 Å². The number of unbranched alkanes of at least 4 members (excludes halogenated alkanes) is 5. The smallest absolute Gasteiger partial charge is 0.303 e. The van der Waals surface area contributed by atoms with Crippen LogP contribution in [-0.2, 0) is 9.09 Å².